The molecule has 5 aromatic rings. The maximum absolute atomic E-state index is 13.8. The summed E-state index contributed by atoms with van der Waals surface area (Å²) in [6.07, 6.45) is 1.16. The SMILES string of the molecule is N[C@@H](Cc1ccccc1)c1nnc(S(=O)(=O)Cc2ccccc2-c2ccccc2)n1CCc1ccccc1. The van der Waals surface area contributed by atoms with Gasteiger partial charge >= 0.3 is 0 Å². The van der Waals surface area contributed by atoms with Gasteiger partial charge in [-0.25, -0.2) is 8.42 Å². The van der Waals surface area contributed by atoms with Crippen molar-refractivity contribution in [2.75, 3.05) is 0 Å². The van der Waals surface area contributed by atoms with Gasteiger partial charge in [-0.15, -0.1) is 10.2 Å². The number of aromatic nitrogens is 3. The molecule has 1 heterocycles. The van der Waals surface area contributed by atoms with Crippen LogP contribution in [0.3, 0.4) is 0 Å². The normalized spacial score (nSPS) is 12.3. The molecule has 192 valence electrons. The van der Waals surface area contributed by atoms with Crippen LogP contribution in [0.2, 0.25) is 0 Å². The lowest BCUT2D eigenvalue weighted by Gasteiger charge is -2.16. The first kappa shape index (κ1) is 25.6. The second kappa shape index (κ2) is 11.5. The van der Waals surface area contributed by atoms with Gasteiger partial charge in [-0.2, -0.15) is 0 Å². The minimum Gasteiger partial charge on any atom is -0.321 e. The summed E-state index contributed by atoms with van der Waals surface area (Å²) in [7, 11) is -3.83. The van der Waals surface area contributed by atoms with Crippen molar-refractivity contribution in [3.8, 4) is 11.1 Å². The zero-order chi connectivity index (χ0) is 26.4. The molecule has 1 aromatic heterocycles. The first-order chi connectivity index (χ1) is 18.5. The smallest absolute Gasteiger partial charge is 0.250 e. The highest BCUT2D eigenvalue weighted by Gasteiger charge is 2.28. The van der Waals surface area contributed by atoms with E-state index in [1.165, 1.54) is 0 Å². The summed E-state index contributed by atoms with van der Waals surface area (Å²) >= 11 is 0. The van der Waals surface area contributed by atoms with Crippen molar-refractivity contribution in [2.45, 2.75) is 36.3 Å². The molecule has 0 aliphatic carbocycles. The van der Waals surface area contributed by atoms with Gasteiger partial charge in [0.25, 0.3) is 0 Å². The Morgan fingerprint density at radius 1 is 0.711 bits per heavy atom. The van der Waals surface area contributed by atoms with Crippen molar-refractivity contribution in [2.24, 2.45) is 5.73 Å². The van der Waals surface area contributed by atoms with Crippen molar-refractivity contribution in [1.82, 2.24) is 14.8 Å². The lowest BCUT2D eigenvalue weighted by molar-refractivity contribution is 0.530. The van der Waals surface area contributed by atoms with E-state index >= 15 is 0 Å². The van der Waals surface area contributed by atoms with Crippen molar-refractivity contribution in [3.05, 3.63) is 138 Å². The Bertz CT molecular complexity index is 1590. The van der Waals surface area contributed by atoms with Crippen LogP contribution in [0.5, 0.6) is 0 Å². The summed E-state index contributed by atoms with van der Waals surface area (Å²) in [6, 6.07) is 36.7. The Morgan fingerprint density at radius 3 is 1.97 bits per heavy atom. The van der Waals surface area contributed by atoms with Crippen LogP contribution in [0.4, 0.5) is 0 Å². The minimum atomic E-state index is -3.83. The fourth-order valence-corrected chi connectivity index (χ4v) is 6.15. The third kappa shape index (κ3) is 5.90. The molecule has 6 nitrogen and oxygen atoms in total. The van der Waals surface area contributed by atoms with Crippen LogP contribution < -0.4 is 5.73 Å². The summed E-state index contributed by atoms with van der Waals surface area (Å²) in [5.41, 5.74) is 11.3. The molecule has 0 fully saturated rings. The Kier molecular flexibility index (Phi) is 7.77. The summed E-state index contributed by atoms with van der Waals surface area (Å²) in [5.74, 6) is 0.287. The van der Waals surface area contributed by atoms with Gasteiger partial charge in [-0.3, -0.25) is 0 Å². The van der Waals surface area contributed by atoms with Crippen LogP contribution >= 0.6 is 0 Å². The molecule has 0 spiro atoms. The van der Waals surface area contributed by atoms with Gasteiger partial charge in [-0.1, -0.05) is 115 Å². The van der Waals surface area contributed by atoms with Crippen molar-refractivity contribution in [3.63, 3.8) is 0 Å². The van der Waals surface area contributed by atoms with Gasteiger partial charge < -0.3 is 10.3 Å². The van der Waals surface area contributed by atoms with E-state index in [0.717, 1.165) is 22.3 Å². The van der Waals surface area contributed by atoms with Gasteiger partial charge in [0.05, 0.1) is 11.8 Å². The highest BCUT2D eigenvalue weighted by molar-refractivity contribution is 7.90. The first-order valence-electron chi connectivity index (χ1n) is 12.6. The molecule has 0 radical (unpaired) electrons. The molecule has 0 bridgehead atoms. The lowest BCUT2D eigenvalue weighted by atomic mass is 10.0. The Labute approximate surface area is 223 Å². The van der Waals surface area contributed by atoms with E-state index in [1.54, 1.807) is 4.57 Å². The van der Waals surface area contributed by atoms with Gasteiger partial charge in [0, 0.05) is 6.54 Å². The third-order valence-electron chi connectivity index (χ3n) is 6.57. The fourth-order valence-electron chi connectivity index (χ4n) is 4.67. The van der Waals surface area contributed by atoms with Crippen LogP contribution in [0.15, 0.2) is 120 Å². The van der Waals surface area contributed by atoms with Crippen LogP contribution in [0.25, 0.3) is 11.1 Å². The Morgan fingerprint density at radius 2 is 1.29 bits per heavy atom. The molecule has 38 heavy (non-hydrogen) atoms. The average molecular weight is 523 g/mol. The zero-order valence-electron chi connectivity index (χ0n) is 21.0. The van der Waals surface area contributed by atoms with E-state index in [0.29, 0.717) is 30.8 Å². The number of sulfone groups is 1. The molecule has 0 aliphatic heterocycles. The molecule has 5 rings (SSSR count). The molecule has 0 unspecified atom stereocenters. The van der Waals surface area contributed by atoms with Crippen LogP contribution in [-0.2, 0) is 35.0 Å². The van der Waals surface area contributed by atoms with Crippen LogP contribution in [0, 0.1) is 0 Å². The molecular formula is C31H30N4O2S. The molecule has 7 heteroatoms. The molecule has 2 N–H and O–H groups in total. The monoisotopic (exact) mass is 522 g/mol. The lowest BCUT2D eigenvalue weighted by Crippen LogP contribution is -2.22. The number of aryl methyl sites for hydroxylation is 1. The second-order valence-corrected chi connectivity index (χ2v) is 11.2. The molecule has 0 aliphatic rings. The second-order valence-electron chi connectivity index (χ2n) is 9.31. The van der Waals surface area contributed by atoms with E-state index in [-0.39, 0.29) is 10.9 Å². The maximum atomic E-state index is 13.8. The van der Waals surface area contributed by atoms with E-state index in [9.17, 15) is 8.42 Å². The third-order valence-corrected chi connectivity index (χ3v) is 8.12. The van der Waals surface area contributed by atoms with E-state index in [2.05, 4.69) is 10.2 Å². The van der Waals surface area contributed by atoms with Crippen LogP contribution in [-0.4, -0.2) is 23.2 Å². The summed E-state index contributed by atoms with van der Waals surface area (Å²) in [6.45, 7) is 0.406. The van der Waals surface area contributed by atoms with Gasteiger partial charge in [-0.05, 0) is 40.7 Å². The van der Waals surface area contributed by atoms with Crippen molar-refractivity contribution in [1.29, 1.82) is 0 Å². The predicted octanol–water partition coefficient (Wildman–Crippen LogP) is 5.40. The number of benzene rings is 4. The largest absolute Gasteiger partial charge is 0.321 e. The fraction of sp³-hybridized carbons (Fsp3) is 0.161. The first-order valence-corrected chi connectivity index (χ1v) is 14.3. The topological polar surface area (TPSA) is 90.9 Å². The molecule has 0 amide bonds. The Balaban J connectivity index is 1.49. The van der Waals surface area contributed by atoms with E-state index in [1.807, 2.05) is 115 Å². The number of hydrogen-bond donors (Lipinski definition) is 1. The number of nitrogens with two attached hydrogens (primary N) is 1. The number of hydrogen-bond acceptors (Lipinski definition) is 5. The van der Waals surface area contributed by atoms with Crippen molar-refractivity contribution < 1.29 is 8.42 Å². The molecular weight excluding hydrogens is 492 g/mol. The maximum Gasteiger partial charge on any atom is 0.250 e. The summed E-state index contributed by atoms with van der Waals surface area (Å²) in [5, 5.41) is 8.48. The van der Waals surface area contributed by atoms with Gasteiger partial charge in [0.1, 0.15) is 0 Å². The quantitative estimate of drug-likeness (QED) is 0.265. The molecule has 0 saturated carbocycles. The van der Waals surface area contributed by atoms with Gasteiger partial charge in [0.15, 0.2) is 5.82 Å². The van der Waals surface area contributed by atoms with Gasteiger partial charge in [0.2, 0.25) is 15.0 Å². The Hall–Kier alpha value is -4.07. The van der Waals surface area contributed by atoms with E-state index in [4.69, 9.17) is 5.73 Å². The van der Waals surface area contributed by atoms with E-state index < -0.39 is 15.9 Å². The minimum absolute atomic E-state index is 0.0465. The molecule has 4 aromatic carbocycles. The molecule has 0 saturated heterocycles. The number of nitrogens with zero attached hydrogens (tertiary/aromatic N) is 3. The predicted molar refractivity (Wildman–Crippen MR) is 150 cm³/mol. The average Bonchev–Trinajstić information content (AvgIpc) is 3.39. The highest BCUT2D eigenvalue weighted by atomic mass is 32.2. The van der Waals surface area contributed by atoms with Crippen LogP contribution in [0.1, 0.15) is 28.6 Å². The summed E-state index contributed by atoms with van der Waals surface area (Å²) < 4.78 is 29.4. The zero-order valence-corrected chi connectivity index (χ0v) is 21.8. The summed E-state index contributed by atoms with van der Waals surface area (Å²) in [4.78, 5) is 0. The molecule has 1 atom stereocenters. The number of rotatable bonds is 10. The highest BCUT2D eigenvalue weighted by Crippen LogP contribution is 2.28. The van der Waals surface area contributed by atoms with Crippen molar-refractivity contribution >= 4 is 9.84 Å². The standard InChI is InChI=1S/C31H30N4O2S/c32-29(22-25-14-6-2-7-15-25)30-33-34-31(35(30)21-20-24-12-4-1-5-13-24)38(36,37)23-27-18-10-11-19-28(27)26-16-8-3-9-17-26/h1-19,29H,20-23,32H2/t29-/m0/s1.